The number of nitrogens with zero attached hydrogens (tertiary/aromatic N) is 2. The second kappa shape index (κ2) is 8.29. The minimum absolute atomic E-state index is 0.0201. The van der Waals surface area contributed by atoms with Crippen molar-refractivity contribution in [2.45, 2.75) is 33.7 Å². The average Bonchev–Trinajstić information content (AvgIpc) is 2.44. The highest BCUT2D eigenvalue weighted by molar-refractivity contribution is 5.80. The van der Waals surface area contributed by atoms with Crippen LogP contribution in [-0.4, -0.2) is 45.1 Å². The number of rotatable bonds is 6. The lowest BCUT2D eigenvalue weighted by molar-refractivity contribution is 0.241. The van der Waals surface area contributed by atoms with Crippen molar-refractivity contribution in [3.63, 3.8) is 0 Å². The molecule has 1 unspecified atom stereocenters. The van der Waals surface area contributed by atoms with Crippen LogP contribution in [0.5, 0.6) is 0 Å². The van der Waals surface area contributed by atoms with Gasteiger partial charge in [0.25, 0.3) is 0 Å². The van der Waals surface area contributed by atoms with Crippen molar-refractivity contribution in [3.8, 4) is 0 Å². The van der Waals surface area contributed by atoms with Crippen molar-refractivity contribution in [3.05, 3.63) is 35.1 Å². The van der Waals surface area contributed by atoms with Gasteiger partial charge in [0.15, 0.2) is 5.96 Å². The second-order valence-electron chi connectivity index (χ2n) is 7.20. The molecule has 0 amide bonds. The number of hydrogen-bond acceptors (Lipinski definition) is 2. The van der Waals surface area contributed by atoms with E-state index >= 15 is 0 Å². The summed E-state index contributed by atoms with van der Waals surface area (Å²) in [5.74, 6) is 0.552. The van der Waals surface area contributed by atoms with Gasteiger partial charge in [-0.05, 0) is 50.6 Å². The Bertz CT molecular complexity index is 538. The zero-order chi connectivity index (χ0) is 17.6. The topological polar surface area (TPSA) is 39.7 Å². The van der Waals surface area contributed by atoms with E-state index in [2.05, 4.69) is 48.5 Å². The molecular weight excluding hydrogens is 291 g/mol. The maximum atomic E-state index is 13.7. The molecular formula is C18H31FN4. The Labute approximate surface area is 140 Å². The Morgan fingerprint density at radius 2 is 2.00 bits per heavy atom. The standard InChI is InChI=1S/C18H31FN4/c1-13-8-9-15(10-16(13)19)14(2)22-17(20-5)21-11-18(3,4)12-23(6)7/h8-10,14H,11-12H2,1-7H3,(H2,20,21,22). The minimum atomic E-state index is -0.175. The molecule has 0 bridgehead atoms. The van der Waals surface area contributed by atoms with Crippen LogP contribution in [0.25, 0.3) is 0 Å². The number of nitrogens with one attached hydrogen (secondary N) is 2. The lowest BCUT2D eigenvalue weighted by Crippen LogP contribution is -2.45. The van der Waals surface area contributed by atoms with Crippen molar-refractivity contribution in [2.24, 2.45) is 10.4 Å². The first kappa shape index (κ1) is 19.4. The normalized spacial score (nSPS) is 14.0. The van der Waals surface area contributed by atoms with E-state index in [-0.39, 0.29) is 17.3 Å². The van der Waals surface area contributed by atoms with Crippen LogP contribution < -0.4 is 10.6 Å². The van der Waals surface area contributed by atoms with Crippen LogP contribution in [0, 0.1) is 18.2 Å². The quantitative estimate of drug-likeness (QED) is 0.625. The number of aliphatic imine (C=N–C) groups is 1. The molecule has 0 radical (unpaired) electrons. The van der Waals surface area contributed by atoms with Crippen molar-refractivity contribution >= 4 is 5.96 Å². The summed E-state index contributed by atoms with van der Waals surface area (Å²) < 4.78 is 13.7. The third kappa shape index (κ3) is 6.57. The van der Waals surface area contributed by atoms with E-state index in [1.54, 1.807) is 26.1 Å². The van der Waals surface area contributed by atoms with E-state index < -0.39 is 0 Å². The highest BCUT2D eigenvalue weighted by Gasteiger charge is 2.19. The summed E-state index contributed by atoms with van der Waals surface area (Å²) in [6, 6.07) is 5.31. The van der Waals surface area contributed by atoms with Gasteiger partial charge >= 0.3 is 0 Å². The number of benzene rings is 1. The van der Waals surface area contributed by atoms with Crippen molar-refractivity contribution in [2.75, 3.05) is 34.2 Å². The van der Waals surface area contributed by atoms with Gasteiger partial charge in [-0.2, -0.15) is 0 Å². The van der Waals surface area contributed by atoms with E-state index in [4.69, 9.17) is 0 Å². The van der Waals surface area contributed by atoms with Gasteiger partial charge < -0.3 is 15.5 Å². The lowest BCUT2D eigenvalue weighted by Gasteiger charge is -2.29. The van der Waals surface area contributed by atoms with Gasteiger partial charge in [-0.3, -0.25) is 4.99 Å². The van der Waals surface area contributed by atoms with Crippen molar-refractivity contribution < 1.29 is 4.39 Å². The summed E-state index contributed by atoms with van der Waals surface area (Å²) in [6.45, 7) is 9.99. The molecule has 0 saturated carbocycles. The Balaban J connectivity index is 2.64. The number of halogens is 1. The fraction of sp³-hybridized carbons (Fsp3) is 0.611. The second-order valence-corrected chi connectivity index (χ2v) is 7.20. The Morgan fingerprint density at radius 1 is 1.35 bits per heavy atom. The van der Waals surface area contributed by atoms with Crippen LogP contribution in [0.4, 0.5) is 4.39 Å². The predicted molar refractivity (Wildman–Crippen MR) is 96.4 cm³/mol. The molecule has 0 aliphatic rings. The Morgan fingerprint density at radius 3 is 2.52 bits per heavy atom. The summed E-state index contributed by atoms with van der Waals surface area (Å²) in [5.41, 5.74) is 1.69. The summed E-state index contributed by atoms with van der Waals surface area (Å²) in [5, 5.41) is 6.67. The monoisotopic (exact) mass is 322 g/mol. The molecule has 0 aliphatic carbocycles. The maximum Gasteiger partial charge on any atom is 0.191 e. The molecule has 0 heterocycles. The van der Waals surface area contributed by atoms with Crippen LogP contribution >= 0.6 is 0 Å². The summed E-state index contributed by atoms with van der Waals surface area (Å²) >= 11 is 0. The summed E-state index contributed by atoms with van der Waals surface area (Å²) in [4.78, 5) is 6.44. The van der Waals surface area contributed by atoms with Crippen molar-refractivity contribution in [1.82, 2.24) is 15.5 Å². The van der Waals surface area contributed by atoms with Crippen LogP contribution in [0.3, 0.4) is 0 Å². The molecule has 130 valence electrons. The molecule has 2 N–H and O–H groups in total. The van der Waals surface area contributed by atoms with Gasteiger partial charge in [-0.25, -0.2) is 4.39 Å². The highest BCUT2D eigenvalue weighted by atomic mass is 19.1. The van der Waals surface area contributed by atoms with Gasteiger partial charge in [0.1, 0.15) is 5.82 Å². The zero-order valence-electron chi connectivity index (χ0n) is 15.5. The molecule has 0 aliphatic heterocycles. The van der Waals surface area contributed by atoms with Gasteiger partial charge in [0.2, 0.25) is 0 Å². The molecule has 5 heteroatoms. The van der Waals surface area contributed by atoms with Crippen LogP contribution in [0.1, 0.15) is 37.9 Å². The molecule has 1 rings (SSSR count). The van der Waals surface area contributed by atoms with E-state index in [0.717, 1.165) is 24.6 Å². The van der Waals surface area contributed by atoms with Gasteiger partial charge in [-0.15, -0.1) is 0 Å². The third-order valence-electron chi connectivity index (χ3n) is 3.75. The Hall–Kier alpha value is -1.62. The molecule has 0 fully saturated rings. The van der Waals surface area contributed by atoms with Gasteiger partial charge in [0.05, 0.1) is 6.04 Å². The largest absolute Gasteiger partial charge is 0.356 e. The molecule has 0 aromatic heterocycles. The van der Waals surface area contributed by atoms with Crippen LogP contribution in [-0.2, 0) is 0 Å². The first-order valence-corrected chi connectivity index (χ1v) is 8.02. The minimum Gasteiger partial charge on any atom is -0.356 e. The molecule has 23 heavy (non-hydrogen) atoms. The predicted octanol–water partition coefficient (Wildman–Crippen LogP) is 2.95. The fourth-order valence-corrected chi connectivity index (χ4v) is 2.60. The Kier molecular flexibility index (Phi) is 7.01. The number of guanidine groups is 1. The number of aryl methyl sites for hydroxylation is 1. The summed E-state index contributed by atoms with van der Waals surface area (Å²) in [6.07, 6.45) is 0. The smallest absolute Gasteiger partial charge is 0.191 e. The van der Waals surface area contributed by atoms with E-state index in [9.17, 15) is 4.39 Å². The first-order valence-electron chi connectivity index (χ1n) is 8.02. The average molecular weight is 322 g/mol. The molecule has 0 spiro atoms. The van der Waals surface area contributed by atoms with Crippen LogP contribution in [0.2, 0.25) is 0 Å². The van der Waals surface area contributed by atoms with Crippen molar-refractivity contribution in [1.29, 1.82) is 0 Å². The molecule has 1 aromatic rings. The fourth-order valence-electron chi connectivity index (χ4n) is 2.60. The molecule has 1 aromatic carbocycles. The maximum absolute atomic E-state index is 13.7. The molecule has 1 atom stereocenters. The van der Waals surface area contributed by atoms with Gasteiger partial charge in [-0.1, -0.05) is 26.0 Å². The molecule has 0 saturated heterocycles. The van der Waals surface area contributed by atoms with Gasteiger partial charge in [0, 0.05) is 20.1 Å². The van der Waals surface area contributed by atoms with E-state index in [1.807, 2.05) is 13.0 Å². The third-order valence-corrected chi connectivity index (χ3v) is 3.75. The number of hydrogen-bond donors (Lipinski definition) is 2. The zero-order valence-corrected chi connectivity index (χ0v) is 15.5. The highest BCUT2D eigenvalue weighted by Crippen LogP contribution is 2.17. The van der Waals surface area contributed by atoms with E-state index in [0.29, 0.717) is 5.56 Å². The van der Waals surface area contributed by atoms with E-state index in [1.165, 1.54) is 0 Å². The van der Waals surface area contributed by atoms with Crippen LogP contribution in [0.15, 0.2) is 23.2 Å². The summed E-state index contributed by atoms with van der Waals surface area (Å²) in [7, 11) is 5.89. The lowest BCUT2D eigenvalue weighted by atomic mass is 9.93. The first-order chi connectivity index (χ1) is 10.6. The molecule has 4 nitrogen and oxygen atoms in total. The SMILES string of the molecule is CN=C(NCC(C)(C)CN(C)C)NC(C)c1ccc(C)c(F)c1.